The number of fused-ring (bicyclic) bond motifs is 1. The zero-order valence-corrected chi connectivity index (χ0v) is 17.1. The Bertz CT molecular complexity index is 1110. The lowest BCUT2D eigenvalue weighted by atomic mass is 10.1. The van der Waals surface area contributed by atoms with Gasteiger partial charge in [0.25, 0.3) is 5.91 Å². The number of rotatable bonds is 7. The highest BCUT2D eigenvalue weighted by atomic mass is 16.4. The maximum absolute atomic E-state index is 12.5. The van der Waals surface area contributed by atoms with Gasteiger partial charge in [-0.3, -0.25) is 19.5 Å². The summed E-state index contributed by atoms with van der Waals surface area (Å²) in [7, 11) is 0. The molecule has 3 aromatic rings. The number of nitrogens with one attached hydrogen (secondary N) is 1. The molecule has 2 aromatic carbocycles. The fourth-order valence-electron chi connectivity index (χ4n) is 3.85. The Morgan fingerprint density at radius 2 is 1.81 bits per heavy atom. The van der Waals surface area contributed by atoms with E-state index < -0.39 is 11.9 Å². The van der Waals surface area contributed by atoms with Gasteiger partial charge in [-0.25, -0.2) is 4.79 Å². The lowest BCUT2D eigenvalue weighted by molar-refractivity contribution is -0.141. The van der Waals surface area contributed by atoms with Crippen molar-refractivity contribution in [3.63, 3.8) is 0 Å². The number of piperazine rings is 1. The fourth-order valence-corrected chi connectivity index (χ4v) is 3.85. The predicted octanol–water partition coefficient (Wildman–Crippen LogP) is 1.44. The van der Waals surface area contributed by atoms with Gasteiger partial charge in [0.2, 0.25) is 0 Å². The Hall–Kier alpha value is -3.23. The van der Waals surface area contributed by atoms with E-state index in [4.69, 9.17) is 4.42 Å². The maximum atomic E-state index is 12.5. The first-order valence-electron chi connectivity index (χ1n) is 10.4. The number of aromatic amines is 1. The summed E-state index contributed by atoms with van der Waals surface area (Å²) in [6, 6.07) is 14.4. The third kappa shape index (κ3) is 5.10. The SMILES string of the molecule is O=C(CCN1CCN(C(=O)[C@@H](O)Cc2ccccc2)CC1)c1ccc2[nH]c(=O)oc2c1. The van der Waals surface area contributed by atoms with Gasteiger partial charge < -0.3 is 14.4 Å². The number of hydrogen-bond acceptors (Lipinski definition) is 6. The number of benzene rings is 2. The summed E-state index contributed by atoms with van der Waals surface area (Å²) < 4.78 is 5.01. The second kappa shape index (κ2) is 9.28. The Balaban J connectivity index is 1.24. The molecule has 0 bridgehead atoms. The number of hydrogen-bond donors (Lipinski definition) is 2. The summed E-state index contributed by atoms with van der Waals surface area (Å²) in [5, 5.41) is 10.3. The van der Waals surface area contributed by atoms with Crippen LogP contribution < -0.4 is 5.76 Å². The molecule has 8 heteroatoms. The molecule has 0 radical (unpaired) electrons. The summed E-state index contributed by atoms with van der Waals surface area (Å²) in [6.45, 7) is 2.95. The fraction of sp³-hybridized carbons (Fsp3) is 0.348. The summed E-state index contributed by atoms with van der Waals surface area (Å²) >= 11 is 0. The molecule has 0 aliphatic carbocycles. The minimum absolute atomic E-state index is 0.0254. The van der Waals surface area contributed by atoms with Crippen LogP contribution in [0.25, 0.3) is 11.1 Å². The van der Waals surface area contributed by atoms with Gasteiger partial charge in [-0.1, -0.05) is 30.3 Å². The number of H-pyrrole nitrogens is 1. The van der Waals surface area contributed by atoms with Crippen molar-refractivity contribution in [2.75, 3.05) is 32.7 Å². The number of aromatic nitrogens is 1. The molecule has 162 valence electrons. The average molecular weight is 423 g/mol. The molecule has 8 nitrogen and oxygen atoms in total. The zero-order chi connectivity index (χ0) is 21.8. The van der Waals surface area contributed by atoms with Crippen molar-refractivity contribution in [3.05, 3.63) is 70.2 Å². The van der Waals surface area contributed by atoms with E-state index in [-0.39, 0.29) is 11.7 Å². The van der Waals surface area contributed by atoms with Crippen LogP contribution in [0.2, 0.25) is 0 Å². The maximum Gasteiger partial charge on any atom is 0.417 e. The first-order valence-corrected chi connectivity index (χ1v) is 10.4. The van der Waals surface area contributed by atoms with E-state index in [2.05, 4.69) is 9.88 Å². The molecule has 0 saturated carbocycles. The van der Waals surface area contributed by atoms with Crippen molar-refractivity contribution in [2.24, 2.45) is 0 Å². The van der Waals surface area contributed by atoms with E-state index in [1.165, 1.54) is 0 Å². The first-order chi connectivity index (χ1) is 15.0. The minimum Gasteiger partial charge on any atom is -0.408 e. The van der Waals surface area contributed by atoms with Gasteiger partial charge in [0.1, 0.15) is 6.10 Å². The van der Waals surface area contributed by atoms with Crippen molar-refractivity contribution in [3.8, 4) is 0 Å². The quantitative estimate of drug-likeness (QED) is 0.557. The number of nitrogens with zero attached hydrogens (tertiary/aromatic N) is 2. The monoisotopic (exact) mass is 423 g/mol. The summed E-state index contributed by atoms with van der Waals surface area (Å²) in [4.78, 5) is 42.7. The third-order valence-electron chi connectivity index (χ3n) is 5.64. The third-order valence-corrected chi connectivity index (χ3v) is 5.64. The van der Waals surface area contributed by atoms with Crippen LogP contribution in [0.3, 0.4) is 0 Å². The second-order valence-corrected chi connectivity index (χ2v) is 7.77. The highest BCUT2D eigenvalue weighted by Crippen LogP contribution is 2.15. The number of carbonyl (C=O) groups is 2. The Labute approximate surface area is 179 Å². The van der Waals surface area contributed by atoms with Gasteiger partial charge in [0.05, 0.1) is 5.52 Å². The molecule has 2 heterocycles. The molecule has 0 spiro atoms. The van der Waals surface area contributed by atoms with E-state index >= 15 is 0 Å². The average Bonchev–Trinajstić information content (AvgIpc) is 3.17. The molecule has 1 saturated heterocycles. The Morgan fingerprint density at radius 1 is 1.06 bits per heavy atom. The Kier molecular flexibility index (Phi) is 6.29. The van der Waals surface area contributed by atoms with Crippen molar-refractivity contribution in [2.45, 2.75) is 18.9 Å². The van der Waals surface area contributed by atoms with Crippen LogP contribution in [0, 0.1) is 0 Å². The van der Waals surface area contributed by atoms with Crippen molar-refractivity contribution in [1.82, 2.24) is 14.8 Å². The minimum atomic E-state index is -1.04. The number of carbonyl (C=O) groups excluding carboxylic acids is 2. The van der Waals surface area contributed by atoms with Crippen molar-refractivity contribution in [1.29, 1.82) is 0 Å². The van der Waals surface area contributed by atoms with E-state index in [0.29, 0.717) is 62.2 Å². The molecular weight excluding hydrogens is 398 g/mol. The molecule has 31 heavy (non-hydrogen) atoms. The molecule has 2 N–H and O–H groups in total. The summed E-state index contributed by atoms with van der Waals surface area (Å²) in [6.07, 6.45) is -0.399. The van der Waals surface area contributed by atoms with E-state index in [0.717, 1.165) is 5.56 Å². The van der Waals surface area contributed by atoms with Gasteiger partial charge in [-0.05, 0) is 23.8 Å². The number of oxazole rings is 1. The van der Waals surface area contributed by atoms with Crippen molar-refractivity contribution >= 4 is 22.8 Å². The second-order valence-electron chi connectivity index (χ2n) is 7.77. The molecule has 1 aliphatic rings. The van der Waals surface area contributed by atoms with Crippen molar-refractivity contribution < 1.29 is 19.1 Å². The molecule has 1 aliphatic heterocycles. The molecule has 1 atom stereocenters. The van der Waals surface area contributed by atoms with Crippen LogP contribution >= 0.6 is 0 Å². The normalized spacial score (nSPS) is 15.8. The lowest BCUT2D eigenvalue weighted by Crippen LogP contribution is -2.52. The van der Waals surface area contributed by atoms with Gasteiger partial charge in [0.15, 0.2) is 11.4 Å². The highest BCUT2D eigenvalue weighted by molar-refractivity contribution is 5.98. The summed E-state index contributed by atoms with van der Waals surface area (Å²) in [5.41, 5.74) is 2.37. The number of aliphatic hydroxyl groups is 1. The highest BCUT2D eigenvalue weighted by Gasteiger charge is 2.26. The van der Waals surface area contributed by atoms with Crippen LogP contribution in [-0.2, 0) is 11.2 Å². The van der Waals surface area contributed by atoms with Crippen LogP contribution in [0.5, 0.6) is 0 Å². The molecule has 1 aromatic heterocycles. The standard InChI is InChI=1S/C23H25N3O5/c27-19(17-6-7-18-21(15-17)31-23(30)24-18)8-9-25-10-12-26(13-11-25)22(29)20(28)14-16-4-2-1-3-5-16/h1-7,15,20,28H,8-14H2,(H,24,30)/t20-/m0/s1. The number of ketones is 1. The Morgan fingerprint density at radius 3 is 2.55 bits per heavy atom. The van der Waals surface area contributed by atoms with Crippen LogP contribution in [0.1, 0.15) is 22.3 Å². The van der Waals surface area contributed by atoms with E-state index in [9.17, 15) is 19.5 Å². The van der Waals surface area contributed by atoms with E-state index in [1.54, 1.807) is 23.1 Å². The molecule has 0 unspecified atom stereocenters. The molecule has 1 amide bonds. The van der Waals surface area contributed by atoms with Gasteiger partial charge in [-0.15, -0.1) is 0 Å². The molecule has 1 fully saturated rings. The number of aliphatic hydroxyl groups excluding tert-OH is 1. The first kappa shape index (κ1) is 21.0. The zero-order valence-electron chi connectivity index (χ0n) is 17.1. The van der Waals surface area contributed by atoms with Crippen LogP contribution in [0.4, 0.5) is 0 Å². The topological polar surface area (TPSA) is 107 Å². The molecule has 4 rings (SSSR count). The lowest BCUT2D eigenvalue weighted by Gasteiger charge is -2.35. The van der Waals surface area contributed by atoms with Gasteiger partial charge >= 0.3 is 5.76 Å². The van der Waals surface area contributed by atoms with E-state index in [1.807, 2.05) is 30.3 Å². The van der Waals surface area contributed by atoms with Gasteiger partial charge in [-0.2, -0.15) is 0 Å². The smallest absolute Gasteiger partial charge is 0.408 e. The predicted molar refractivity (Wildman–Crippen MR) is 115 cm³/mol. The number of Topliss-reactive ketones (excluding diaryl/α,β-unsaturated/α-hetero) is 1. The number of amides is 1. The summed E-state index contributed by atoms with van der Waals surface area (Å²) in [5.74, 6) is -0.815. The van der Waals surface area contributed by atoms with Gasteiger partial charge in [0, 0.05) is 51.1 Å². The van der Waals surface area contributed by atoms with Crippen LogP contribution in [-0.4, -0.2) is 70.4 Å². The van der Waals surface area contributed by atoms with Crippen LogP contribution in [0.15, 0.2) is 57.7 Å². The molecular formula is C23H25N3O5. The largest absolute Gasteiger partial charge is 0.417 e.